The molecular formula is C22H25N3O8. The third-order valence-corrected chi connectivity index (χ3v) is 4.59. The van der Waals surface area contributed by atoms with Crippen LogP contribution in [-0.2, 0) is 25.6 Å². The van der Waals surface area contributed by atoms with E-state index in [-0.39, 0.29) is 24.3 Å². The smallest absolute Gasteiger partial charge is 0.408 e. The molecule has 2 rings (SSSR count). The Morgan fingerprint density at radius 2 is 1.79 bits per heavy atom. The molecule has 176 valence electrons. The largest absolute Gasteiger partial charge is 0.467 e. The zero-order valence-electron chi connectivity index (χ0n) is 18.2. The van der Waals surface area contributed by atoms with E-state index in [1.165, 1.54) is 25.3 Å². The first-order chi connectivity index (χ1) is 15.8. The van der Waals surface area contributed by atoms with Crippen molar-refractivity contribution >= 4 is 29.4 Å². The van der Waals surface area contributed by atoms with Crippen molar-refractivity contribution in [3.8, 4) is 0 Å². The zero-order valence-corrected chi connectivity index (χ0v) is 18.2. The molecule has 1 unspecified atom stereocenters. The number of hydrogen-bond acceptors (Lipinski definition) is 9. The van der Waals surface area contributed by atoms with E-state index in [4.69, 9.17) is 9.47 Å². The summed E-state index contributed by atoms with van der Waals surface area (Å²) >= 11 is 0. The second-order valence-corrected chi connectivity index (χ2v) is 6.83. The molecule has 2 N–H and O–H groups in total. The van der Waals surface area contributed by atoms with Crippen LogP contribution in [0.15, 0.2) is 48.5 Å². The van der Waals surface area contributed by atoms with Gasteiger partial charge in [0.2, 0.25) is 0 Å². The number of anilines is 1. The third kappa shape index (κ3) is 7.80. The molecule has 0 bridgehead atoms. The minimum atomic E-state index is -0.914. The average molecular weight is 459 g/mol. The molecule has 0 aliphatic heterocycles. The second kappa shape index (κ2) is 12.6. The number of alkyl carbamates (subject to hydrolysis) is 1. The van der Waals surface area contributed by atoms with Crippen LogP contribution in [0.5, 0.6) is 0 Å². The highest BCUT2D eigenvalue weighted by molar-refractivity contribution is 5.95. The van der Waals surface area contributed by atoms with Gasteiger partial charge < -0.3 is 24.8 Å². The van der Waals surface area contributed by atoms with Crippen LogP contribution >= 0.6 is 0 Å². The molecule has 2 aromatic carbocycles. The van der Waals surface area contributed by atoms with Crippen LogP contribution in [-0.4, -0.2) is 49.8 Å². The van der Waals surface area contributed by atoms with Gasteiger partial charge in [0, 0.05) is 18.3 Å². The number of carbonyl (C=O) groups is 3. The maximum absolute atomic E-state index is 12.1. The molecule has 0 fully saturated rings. The van der Waals surface area contributed by atoms with Crippen LogP contribution in [0, 0.1) is 10.1 Å². The van der Waals surface area contributed by atoms with Crippen molar-refractivity contribution in [2.24, 2.45) is 0 Å². The highest BCUT2D eigenvalue weighted by Gasteiger charge is 2.23. The van der Waals surface area contributed by atoms with Gasteiger partial charge in [-0.05, 0) is 30.5 Å². The van der Waals surface area contributed by atoms with Gasteiger partial charge in [0.15, 0.2) is 0 Å². The van der Waals surface area contributed by atoms with Crippen molar-refractivity contribution in [1.29, 1.82) is 0 Å². The first-order valence-corrected chi connectivity index (χ1v) is 10.0. The van der Waals surface area contributed by atoms with E-state index in [0.29, 0.717) is 18.7 Å². The molecule has 11 heteroatoms. The Morgan fingerprint density at radius 1 is 1.06 bits per heavy atom. The summed E-state index contributed by atoms with van der Waals surface area (Å²) in [4.78, 5) is 46.3. The number of hydrogen-bond donors (Lipinski definition) is 2. The van der Waals surface area contributed by atoms with Crippen molar-refractivity contribution < 1.29 is 33.5 Å². The van der Waals surface area contributed by atoms with E-state index < -0.39 is 29.0 Å². The lowest BCUT2D eigenvalue weighted by Gasteiger charge is -2.17. The molecule has 0 aromatic heterocycles. The molecule has 11 nitrogen and oxygen atoms in total. The van der Waals surface area contributed by atoms with E-state index in [1.54, 1.807) is 12.1 Å². The Hall–Kier alpha value is -4.15. The molecule has 1 atom stereocenters. The standard InChI is InChI=1S/C22H25N3O8/c1-31-20(26)17-13-16(10-11-19(17)25(29)30)23-12-6-9-18(21(27)32-2)24-22(28)33-14-15-7-4-3-5-8-15/h3-5,7-8,10-11,13,18,23H,6,9,12,14H2,1-2H3,(H,24,28). The van der Waals surface area contributed by atoms with Crippen molar-refractivity contribution in [2.45, 2.75) is 25.5 Å². The normalized spacial score (nSPS) is 11.1. The van der Waals surface area contributed by atoms with Gasteiger partial charge in [0.05, 0.1) is 19.1 Å². The van der Waals surface area contributed by atoms with E-state index in [0.717, 1.165) is 12.7 Å². The first kappa shape index (κ1) is 25.1. The fourth-order valence-corrected chi connectivity index (χ4v) is 2.92. The number of methoxy groups -OCH3 is 2. The van der Waals surface area contributed by atoms with Crippen molar-refractivity contribution in [3.63, 3.8) is 0 Å². The molecule has 0 saturated carbocycles. The van der Waals surface area contributed by atoms with Crippen LogP contribution < -0.4 is 10.6 Å². The summed E-state index contributed by atoms with van der Waals surface area (Å²) in [6, 6.07) is 12.2. The van der Waals surface area contributed by atoms with Crippen LogP contribution in [0.3, 0.4) is 0 Å². The topological polar surface area (TPSA) is 146 Å². The van der Waals surface area contributed by atoms with Crippen LogP contribution in [0.4, 0.5) is 16.2 Å². The number of carbonyl (C=O) groups excluding carboxylic acids is 3. The Bertz CT molecular complexity index is 981. The summed E-state index contributed by atoms with van der Waals surface area (Å²) in [6.45, 7) is 0.414. The summed E-state index contributed by atoms with van der Waals surface area (Å²) in [6.07, 6.45) is -0.0689. The molecule has 2 aromatic rings. The van der Waals surface area contributed by atoms with Gasteiger partial charge in [-0.25, -0.2) is 14.4 Å². The van der Waals surface area contributed by atoms with Crippen LogP contribution in [0.25, 0.3) is 0 Å². The molecular weight excluding hydrogens is 434 g/mol. The molecule has 0 aliphatic rings. The van der Waals surface area contributed by atoms with E-state index in [9.17, 15) is 24.5 Å². The number of esters is 2. The summed E-state index contributed by atoms with van der Waals surface area (Å²) < 4.78 is 14.5. The fraction of sp³-hybridized carbons (Fsp3) is 0.318. The maximum Gasteiger partial charge on any atom is 0.408 e. The van der Waals surface area contributed by atoms with Gasteiger partial charge >= 0.3 is 18.0 Å². The summed E-state index contributed by atoms with van der Waals surface area (Å²) in [7, 11) is 2.35. The lowest BCUT2D eigenvalue weighted by Crippen LogP contribution is -2.42. The van der Waals surface area contributed by atoms with Gasteiger partial charge in [-0.2, -0.15) is 0 Å². The van der Waals surface area contributed by atoms with E-state index >= 15 is 0 Å². The quantitative estimate of drug-likeness (QED) is 0.170. The van der Waals surface area contributed by atoms with Crippen LogP contribution in [0.1, 0.15) is 28.8 Å². The Balaban J connectivity index is 1.88. The lowest BCUT2D eigenvalue weighted by molar-refractivity contribution is -0.385. The Kier molecular flexibility index (Phi) is 9.62. The number of rotatable bonds is 11. The minimum absolute atomic E-state index is 0.0603. The maximum atomic E-state index is 12.1. The van der Waals surface area contributed by atoms with Gasteiger partial charge in [-0.1, -0.05) is 30.3 Å². The van der Waals surface area contributed by atoms with E-state index in [1.807, 2.05) is 18.2 Å². The van der Waals surface area contributed by atoms with Crippen molar-refractivity contribution in [1.82, 2.24) is 5.32 Å². The van der Waals surface area contributed by atoms with Gasteiger partial charge in [-0.15, -0.1) is 0 Å². The van der Waals surface area contributed by atoms with Crippen molar-refractivity contribution in [3.05, 3.63) is 69.8 Å². The predicted molar refractivity (Wildman–Crippen MR) is 118 cm³/mol. The molecule has 0 radical (unpaired) electrons. The molecule has 0 spiro atoms. The number of nitrogens with one attached hydrogen (secondary N) is 2. The molecule has 33 heavy (non-hydrogen) atoms. The number of benzene rings is 2. The highest BCUT2D eigenvalue weighted by atomic mass is 16.6. The van der Waals surface area contributed by atoms with Gasteiger partial charge in [-0.3, -0.25) is 10.1 Å². The minimum Gasteiger partial charge on any atom is -0.467 e. The Labute approximate surface area is 190 Å². The highest BCUT2D eigenvalue weighted by Crippen LogP contribution is 2.23. The zero-order chi connectivity index (χ0) is 24.2. The number of nitro benzene ring substituents is 1. The SMILES string of the molecule is COC(=O)c1cc(NCCCC(NC(=O)OCc2ccccc2)C(=O)OC)ccc1[N+](=O)[O-]. The van der Waals surface area contributed by atoms with Gasteiger partial charge in [0.25, 0.3) is 5.69 Å². The van der Waals surface area contributed by atoms with Crippen LogP contribution in [0.2, 0.25) is 0 Å². The summed E-state index contributed by atoms with van der Waals surface area (Å²) in [5, 5.41) is 16.6. The van der Waals surface area contributed by atoms with E-state index in [2.05, 4.69) is 15.4 Å². The molecule has 0 saturated heterocycles. The number of amides is 1. The number of nitro groups is 1. The molecule has 1 amide bonds. The average Bonchev–Trinajstić information content (AvgIpc) is 2.83. The first-order valence-electron chi connectivity index (χ1n) is 10.0. The number of nitrogens with zero attached hydrogens (tertiary/aromatic N) is 1. The molecule has 0 aliphatic carbocycles. The summed E-state index contributed by atoms with van der Waals surface area (Å²) in [5.74, 6) is -1.44. The lowest BCUT2D eigenvalue weighted by atomic mass is 10.1. The Morgan fingerprint density at radius 3 is 2.42 bits per heavy atom. The van der Waals surface area contributed by atoms with Gasteiger partial charge in [0.1, 0.15) is 18.2 Å². The third-order valence-electron chi connectivity index (χ3n) is 4.59. The fourth-order valence-electron chi connectivity index (χ4n) is 2.92. The predicted octanol–water partition coefficient (Wildman–Crippen LogP) is 3.04. The summed E-state index contributed by atoms with van der Waals surface area (Å²) in [5.41, 5.74) is 0.728. The second-order valence-electron chi connectivity index (χ2n) is 6.83. The number of ether oxygens (including phenoxy) is 3. The monoisotopic (exact) mass is 459 g/mol. The van der Waals surface area contributed by atoms with Crippen molar-refractivity contribution in [2.75, 3.05) is 26.1 Å². The molecule has 0 heterocycles.